The molecule has 0 unspecified atom stereocenters. The number of carbonyl (C=O) groups excluding carboxylic acids is 2. The molecule has 7 nitrogen and oxygen atoms in total. The van der Waals surface area contributed by atoms with Gasteiger partial charge in [0, 0.05) is 56.8 Å². The monoisotopic (exact) mass is 628 g/mol. The zero-order chi connectivity index (χ0) is 31.0. The van der Waals surface area contributed by atoms with Crippen molar-refractivity contribution < 1.29 is 14.3 Å². The van der Waals surface area contributed by atoms with Crippen molar-refractivity contribution in [3.05, 3.63) is 94.5 Å². The van der Waals surface area contributed by atoms with E-state index in [1.807, 2.05) is 58.3 Å². The van der Waals surface area contributed by atoms with Crippen LogP contribution in [0, 0.1) is 5.92 Å². The quantitative estimate of drug-likeness (QED) is 0.253. The van der Waals surface area contributed by atoms with E-state index < -0.39 is 0 Å². The minimum Gasteiger partial charge on any atom is -0.493 e. The lowest BCUT2D eigenvalue weighted by atomic mass is 10.1. The van der Waals surface area contributed by atoms with Crippen LogP contribution in [0.4, 0.5) is 5.69 Å². The minimum atomic E-state index is -0.0648. The summed E-state index contributed by atoms with van der Waals surface area (Å²) in [5.74, 6) is 0.804. The van der Waals surface area contributed by atoms with Gasteiger partial charge in [-0.15, -0.1) is 0 Å². The second-order valence-corrected chi connectivity index (χ2v) is 13.1. The molecule has 45 heavy (non-hydrogen) atoms. The zero-order valence-electron chi connectivity index (χ0n) is 26.2. The fourth-order valence-electron chi connectivity index (χ4n) is 6.52. The Balaban J connectivity index is 1.26. The van der Waals surface area contributed by atoms with Crippen molar-refractivity contribution in [2.75, 3.05) is 57.3 Å². The van der Waals surface area contributed by atoms with Crippen molar-refractivity contribution in [2.45, 2.75) is 51.6 Å². The number of likely N-dealkylation sites (tertiary alicyclic amines) is 1. The van der Waals surface area contributed by atoms with Gasteiger partial charge in [0.2, 0.25) is 5.91 Å². The highest BCUT2D eigenvalue weighted by Crippen LogP contribution is 2.36. The highest BCUT2D eigenvalue weighted by atomic mass is 35.5. The highest BCUT2D eigenvalue weighted by molar-refractivity contribution is 6.31. The first-order chi connectivity index (χ1) is 22.0. The maximum absolute atomic E-state index is 14.4. The molecule has 1 saturated carbocycles. The molecule has 0 spiro atoms. The summed E-state index contributed by atoms with van der Waals surface area (Å²) >= 11 is 6.53. The van der Waals surface area contributed by atoms with Gasteiger partial charge in [0.1, 0.15) is 5.75 Å². The molecule has 3 aromatic carbocycles. The largest absolute Gasteiger partial charge is 0.493 e. The molecule has 1 aliphatic carbocycles. The topological polar surface area (TPSA) is 56.3 Å². The molecule has 2 amide bonds. The Morgan fingerprint density at radius 2 is 1.56 bits per heavy atom. The van der Waals surface area contributed by atoms with E-state index in [1.165, 1.54) is 31.5 Å². The molecule has 2 heterocycles. The fraction of sp³-hybridized carbons (Fsp3) is 0.459. The third kappa shape index (κ3) is 8.46. The molecule has 0 bridgehead atoms. The van der Waals surface area contributed by atoms with E-state index in [1.54, 1.807) is 0 Å². The van der Waals surface area contributed by atoms with Crippen molar-refractivity contribution in [1.82, 2.24) is 14.7 Å². The molecule has 6 rings (SSSR count). The summed E-state index contributed by atoms with van der Waals surface area (Å²) in [5, 5.41) is 0.591. The van der Waals surface area contributed by atoms with Gasteiger partial charge in [0.25, 0.3) is 5.91 Å². The van der Waals surface area contributed by atoms with E-state index in [0.717, 1.165) is 63.1 Å². The lowest BCUT2D eigenvalue weighted by Gasteiger charge is -2.29. The molecular weight excluding hydrogens is 584 g/mol. The summed E-state index contributed by atoms with van der Waals surface area (Å²) in [4.78, 5) is 36.8. The van der Waals surface area contributed by atoms with E-state index in [9.17, 15) is 9.59 Å². The molecule has 3 aromatic rings. The fourth-order valence-corrected chi connectivity index (χ4v) is 6.69. The molecule has 3 aliphatic rings. The SMILES string of the molecule is O=C(c1ccccc1OCCCN1CCCC1)N1CCN(Cc2ccccc2)CCCN(C(=O)C2CC2)c2cc(Cl)ccc2C1. The highest BCUT2D eigenvalue weighted by Gasteiger charge is 2.35. The van der Waals surface area contributed by atoms with E-state index in [2.05, 4.69) is 34.1 Å². The lowest BCUT2D eigenvalue weighted by Crippen LogP contribution is -2.38. The van der Waals surface area contributed by atoms with Gasteiger partial charge in [-0.05, 0) is 87.0 Å². The first-order valence-corrected chi connectivity index (χ1v) is 17.0. The summed E-state index contributed by atoms with van der Waals surface area (Å²) in [6.45, 7) is 7.81. The number of rotatable bonds is 9. The third-order valence-corrected chi connectivity index (χ3v) is 9.40. The predicted octanol–water partition coefficient (Wildman–Crippen LogP) is 6.50. The predicted molar refractivity (Wildman–Crippen MR) is 180 cm³/mol. The average Bonchev–Trinajstić information content (AvgIpc) is 3.79. The van der Waals surface area contributed by atoms with E-state index in [0.29, 0.717) is 42.6 Å². The van der Waals surface area contributed by atoms with Crippen LogP contribution in [0.5, 0.6) is 5.75 Å². The Morgan fingerprint density at radius 1 is 0.800 bits per heavy atom. The molecule has 8 heteroatoms. The average molecular weight is 629 g/mol. The number of amides is 2. The number of para-hydroxylation sites is 1. The summed E-state index contributed by atoms with van der Waals surface area (Å²) in [6.07, 6.45) is 6.19. The van der Waals surface area contributed by atoms with Crippen LogP contribution in [-0.4, -0.2) is 78.9 Å². The van der Waals surface area contributed by atoms with Crippen LogP contribution < -0.4 is 9.64 Å². The van der Waals surface area contributed by atoms with Gasteiger partial charge >= 0.3 is 0 Å². The molecule has 0 aromatic heterocycles. The van der Waals surface area contributed by atoms with Crippen LogP contribution in [0.1, 0.15) is 60.0 Å². The Labute approximate surface area is 272 Å². The molecule has 1 saturated heterocycles. The standard InChI is InChI=1S/C37H45ClN4O3/c38-32-17-16-31-28-41(37(44)33-12-4-5-13-35(33)45-25-9-21-39-18-6-7-19-39)24-23-40(27-29-10-2-1-3-11-29)20-8-22-42(34(31)26-32)36(43)30-14-15-30/h1-5,10-13,16-17,26,30H,6-9,14-15,18-25,27-28H2. The van der Waals surface area contributed by atoms with Crippen molar-refractivity contribution in [1.29, 1.82) is 0 Å². The summed E-state index contributed by atoms with van der Waals surface area (Å²) in [7, 11) is 0. The summed E-state index contributed by atoms with van der Waals surface area (Å²) < 4.78 is 6.24. The molecule has 0 N–H and O–H groups in total. The Bertz CT molecular complexity index is 1440. The van der Waals surface area contributed by atoms with Gasteiger partial charge in [0.05, 0.1) is 17.9 Å². The number of ether oxygens (including phenoxy) is 1. The van der Waals surface area contributed by atoms with Crippen LogP contribution in [0.3, 0.4) is 0 Å². The van der Waals surface area contributed by atoms with Crippen molar-refractivity contribution >= 4 is 29.1 Å². The van der Waals surface area contributed by atoms with Crippen LogP contribution in [0.15, 0.2) is 72.8 Å². The second-order valence-electron chi connectivity index (χ2n) is 12.6. The number of hydrogen-bond acceptors (Lipinski definition) is 5. The molecule has 238 valence electrons. The zero-order valence-corrected chi connectivity index (χ0v) is 27.0. The number of halogens is 1. The van der Waals surface area contributed by atoms with Crippen LogP contribution >= 0.6 is 11.6 Å². The van der Waals surface area contributed by atoms with Crippen LogP contribution in [0.2, 0.25) is 5.02 Å². The maximum atomic E-state index is 14.4. The number of anilines is 1. The van der Waals surface area contributed by atoms with Crippen molar-refractivity contribution in [3.63, 3.8) is 0 Å². The van der Waals surface area contributed by atoms with E-state index in [-0.39, 0.29) is 17.7 Å². The number of fused-ring (bicyclic) bond motifs is 1. The normalized spacial score (nSPS) is 18.3. The van der Waals surface area contributed by atoms with Gasteiger partial charge in [0.15, 0.2) is 0 Å². The Morgan fingerprint density at radius 3 is 2.36 bits per heavy atom. The summed E-state index contributed by atoms with van der Waals surface area (Å²) in [6, 6.07) is 23.8. The Hall–Kier alpha value is -3.39. The van der Waals surface area contributed by atoms with Gasteiger partial charge in [-0.3, -0.25) is 14.5 Å². The number of carbonyl (C=O) groups is 2. The van der Waals surface area contributed by atoms with Gasteiger partial charge in [-0.25, -0.2) is 0 Å². The molecule has 2 fully saturated rings. The van der Waals surface area contributed by atoms with Gasteiger partial charge in [-0.1, -0.05) is 60.1 Å². The second kappa shape index (κ2) is 15.3. The Kier molecular flexibility index (Phi) is 10.7. The summed E-state index contributed by atoms with van der Waals surface area (Å²) in [5.41, 5.74) is 3.56. The smallest absolute Gasteiger partial charge is 0.257 e. The molecule has 0 atom stereocenters. The first-order valence-electron chi connectivity index (χ1n) is 16.6. The molecule has 2 aliphatic heterocycles. The lowest BCUT2D eigenvalue weighted by molar-refractivity contribution is -0.119. The molecule has 0 radical (unpaired) electrons. The van der Waals surface area contributed by atoms with E-state index in [4.69, 9.17) is 16.3 Å². The van der Waals surface area contributed by atoms with Gasteiger partial charge in [-0.2, -0.15) is 0 Å². The third-order valence-electron chi connectivity index (χ3n) is 9.16. The first kappa shape index (κ1) is 31.6. The maximum Gasteiger partial charge on any atom is 0.257 e. The molecular formula is C37H45ClN4O3. The van der Waals surface area contributed by atoms with Crippen LogP contribution in [0.25, 0.3) is 0 Å². The van der Waals surface area contributed by atoms with E-state index >= 15 is 0 Å². The minimum absolute atomic E-state index is 0.0648. The van der Waals surface area contributed by atoms with Gasteiger partial charge < -0.3 is 19.4 Å². The number of hydrogen-bond donors (Lipinski definition) is 0. The van der Waals surface area contributed by atoms with Crippen molar-refractivity contribution in [2.24, 2.45) is 5.92 Å². The van der Waals surface area contributed by atoms with Crippen LogP contribution in [-0.2, 0) is 17.9 Å². The number of benzene rings is 3. The number of nitrogens with zero attached hydrogens (tertiary/aromatic N) is 4. The van der Waals surface area contributed by atoms with Crippen molar-refractivity contribution in [3.8, 4) is 5.75 Å².